The van der Waals surface area contributed by atoms with E-state index in [4.69, 9.17) is 5.73 Å². The molecule has 0 bridgehead atoms. The number of carbonyl (C=O) groups excluding carboxylic acids is 4. The van der Waals surface area contributed by atoms with Crippen molar-refractivity contribution in [3.63, 3.8) is 0 Å². The normalized spacial score (nSPS) is 15.2. The quantitative estimate of drug-likeness (QED) is 0.145. The summed E-state index contributed by atoms with van der Waals surface area (Å²) >= 11 is 0. The summed E-state index contributed by atoms with van der Waals surface area (Å²) in [5.74, 6) is -4.13. The molecule has 11 heteroatoms. The molecule has 0 heterocycles. The molecule has 0 fully saturated rings. The van der Waals surface area contributed by atoms with Gasteiger partial charge in [-0.15, -0.1) is 0 Å². The van der Waals surface area contributed by atoms with Crippen molar-refractivity contribution in [3.8, 4) is 0 Å². The Balaban J connectivity index is 2.23. The van der Waals surface area contributed by atoms with Gasteiger partial charge in [-0.3, -0.25) is 19.2 Å². The van der Waals surface area contributed by atoms with E-state index in [2.05, 4.69) is 21.3 Å². The summed E-state index contributed by atoms with van der Waals surface area (Å²) in [7, 11) is 0. The Kier molecular flexibility index (Phi) is 15.4. The van der Waals surface area contributed by atoms with Crippen molar-refractivity contribution < 1.29 is 29.1 Å². The molecule has 4 amide bonds. The van der Waals surface area contributed by atoms with Crippen LogP contribution in [0.1, 0.15) is 65.5 Å². The van der Waals surface area contributed by atoms with E-state index in [-0.39, 0.29) is 24.2 Å². The highest BCUT2D eigenvalue weighted by Crippen LogP contribution is 2.12. The predicted octanol–water partition coefficient (Wildman–Crippen LogP) is 2.57. The van der Waals surface area contributed by atoms with Crippen molar-refractivity contribution in [1.82, 2.24) is 21.3 Å². The van der Waals surface area contributed by atoms with E-state index in [0.29, 0.717) is 19.3 Å². The van der Waals surface area contributed by atoms with Crippen LogP contribution in [0.4, 0.5) is 0 Å². The second kappa shape index (κ2) is 18.7. The first-order chi connectivity index (χ1) is 21.7. The summed E-state index contributed by atoms with van der Waals surface area (Å²) in [4.78, 5) is 65.6. The lowest BCUT2D eigenvalue weighted by Gasteiger charge is -2.29. The molecule has 0 spiro atoms. The second-order valence-corrected chi connectivity index (χ2v) is 12.7. The molecule has 7 N–H and O–H groups in total. The van der Waals surface area contributed by atoms with Crippen LogP contribution < -0.4 is 27.0 Å². The zero-order valence-electron chi connectivity index (χ0n) is 27.8. The van der Waals surface area contributed by atoms with Crippen LogP contribution in [0.15, 0.2) is 60.7 Å². The summed E-state index contributed by atoms with van der Waals surface area (Å²) in [6, 6.07) is 13.2. The molecule has 6 atom stereocenters. The third kappa shape index (κ3) is 12.3. The molecule has 0 aromatic heterocycles. The number of carboxylic acids is 1. The van der Waals surface area contributed by atoms with Crippen molar-refractivity contribution in [2.45, 2.75) is 97.4 Å². The summed E-state index contributed by atoms with van der Waals surface area (Å²) in [6.07, 6.45) is 1.24. The van der Waals surface area contributed by atoms with Gasteiger partial charge in [0.1, 0.15) is 24.2 Å². The molecule has 2 aromatic rings. The van der Waals surface area contributed by atoms with Gasteiger partial charge < -0.3 is 32.1 Å². The largest absolute Gasteiger partial charge is 0.480 e. The average Bonchev–Trinajstić information content (AvgIpc) is 3.01. The van der Waals surface area contributed by atoms with Crippen molar-refractivity contribution in [2.75, 3.05) is 0 Å². The van der Waals surface area contributed by atoms with Gasteiger partial charge in [-0.05, 0) is 41.7 Å². The molecule has 0 aliphatic heterocycles. The maximum atomic E-state index is 13.7. The Bertz CT molecular complexity index is 1290. The molecule has 0 saturated heterocycles. The number of nitrogens with two attached hydrogens (primary N) is 1. The van der Waals surface area contributed by atoms with Crippen molar-refractivity contribution in [2.24, 2.45) is 23.5 Å². The lowest BCUT2D eigenvalue weighted by atomic mass is 9.97. The molecule has 46 heavy (non-hydrogen) atoms. The highest BCUT2D eigenvalue weighted by atomic mass is 16.4. The van der Waals surface area contributed by atoms with E-state index in [0.717, 1.165) is 11.1 Å². The standard InChI is InChI=1S/C35H51N5O6/c1-7-23(6)30(35(45)46)40-33(43)28(20-25-16-12-9-13-17-25)38-34(44)29(22(4)5)39-32(42)27(18-21(2)3)37-31(41)26(36)19-24-14-10-8-11-15-24/h8-17,21-23,26-30H,7,18-20,36H2,1-6H3,(H,37,41)(H,38,44)(H,39,42)(H,40,43)(H,45,46)/t23-,26-,27-,28-,29-,30-/m0/s1. The van der Waals surface area contributed by atoms with E-state index in [1.165, 1.54) is 0 Å². The fraction of sp³-hybridized carbons (Fsp3) is 0.514. The van der Waals surface area contributed by atoms with E-state index in [9.17, 15) is 29.1 Å². The Morgan fingerprint density at radius 1 is 0.652 bits per heavy atom. The SMILES string of the molecule is CC[C@H](C)[C@H](NC(=O)[C@H](Cc1ccccc1)NC(=O)[C@@H](NC(=O)[C@H](CC(C)C)NC(=O)[C@@H](N)Cc1ccccc1)C(C)C)C(=O)O. The minimum Gasteiger partial charge on any atom is -0.480 e. The van der Waals surface area contributed by atoms with Gasteiger partial charge in [0, 0.05) is 6.42 Å². The molecule has 0 saturated carbocycles. The zero-order valence-corrected chi connectivity index (χ0v) is 27.8. The summed E-state index contributed by atoms with van der Waals surface area (Å²) in [6.45, 7) is 10.9. The van der Waals surface area contributed by atoms with Gasteiger partial charge in [-0.1, -0.05) is 109 Å². The van der Waals surface area contributed by atoms with Crippen molar-refractivity contribution >= 4 is 29.6 Å². The van der Waals surface area contributed by atoms with Crippen LogP contribution in [0.3, 0.4) is 0 Å². The molecule has 252 valence electrons. The smallest absolute Gasteiger partial charge is 0.326 e. The molecule has 0 aliphatic rings. The van der Waals surface area contributed by atoms with Gasteiger partial charge in [0.25, 0.3) is 0 Å². The van der Waals surface area contributed by atoms with Crippen LogP contribution in [-0.4, -0.2) is 64.9 Å². The Morgan fingerprint density at radius 3 is 1.61 bits per heavy atom. The van der Waals surface area contributed by atoms with Crippen LogP contribution in [0, 0.1) is 17.8 Å². The summed E-state index contributed by atoms with van der Waals surface area (Å²) in [5, 5.41) is 20.6. The van der Waals surface area contributed by atoms with Crippen LogP contribution in [0.25, 0.3) is 0 Å². The first-order valence-corrected chi connectivity index (χ1v) is 16.0. The first kappa shape index (κ1) is 37.9. The fourth-order valence-electron chi connectivity index (χ4n) is 4.99. The number of hydrogen-bond donors (Lipinski definition) is 6. The third-order valence-electron chi connectivity index (χ3n) is 7.91. The molecule has 0 radical (unpaired) electrons. The number of carbonyl (C=O) groups is 5. The molecule has 2 rings (SSSR count). The van der Waals surface area contributed by atoms with Crippen LogP contribution >= 0.6 is 0 Å². The number of aliphatic carboxylic acids is 1. The topological polar surface area (TPSA) is 180 Å². The van der Waals surface area contributed by atoms with Gasteiger partial charge in [0.2, 0.25) is 23.6 Å². The van der Waals surface area contributed by atoms with Gasteiger partial charge >= 0.3 is 5.97 Å². The molecule has 0 unspecified atom stereocenters. The Labute approximate surface area is 272 Å². The number of hydrogen-bond acceptors (Lipinski definition) is 6. The molecule has 2 aromatic carbocycles. The van der Waals surface area contributed by atoms with E-state index in [1.54, 1.807) is 45.0 Å². The summed E-state index contributed by atoms with van der Waals surface area (Å²) < 4.78 is 0. The fourth-order valence-corrected chi connectivity index (χ4v) is 4.99. The highest BCUT2D eigenvalue weighted by Gasteiger charge is 2.34. The highest BCUT2D eigenvalue weighted by molar-refractivity contribution is 5.95. The number of benzene rings is 2. The molecule has 11 nitrogen and oxygen atoms in total. The predicted molar refractivity (Wildman–Crippen MR) is 177 cm³/mol. The second-order valence-electron chi connectivity index (χ2n) is 12.7. The average molecular weight is 638 g/mol. The summed E-state index contributed by atoms with van der Waals surface area (Å²) in [5.41, 5.74) is 7.82. The van der Waals surface area contributed by atoms with Crippen LogP contribution in [0.5, 0.6) is 0 Å². The maximum Gasteiger partial charge on any atom is 0.326 e. The monoisotopic (exact) mass is 637 g/mol. The molecular weight excluding hydrogens is 586 g/mol. The Hall–Kier alpha value is -4.25. The van der Waals surface area contributed by atoms with E-state index in [1.807, 2.05) is 57.2 Å². The van der Waals surface area contributed by atoms with Gasteiger partial charge in [0.15, 0.2) is 0 Å². The first-order valence-electron chi connectivity index (χ1n) is 16.0. The van der Waals surface area contributed by atoms with Crippen LogP contribution in [-0.2, 0) is 36.8 Å². The van der Waals surface area contributed by atoms with Crippen molar-refractivity contribution in [1.29, 1.82) is 0 Å². The number of nitrogens with one attached hydrogen (secondary N) is 4. The number of carboxylic acid groups (broad SMARTS) is 1. The zero-order chi connectivity index (χ0) is 34.4. The van der Waals surface area contributed by atoms with Gasteiger partial charge in [0.05, 0.1) is 6.04 Å². The number of amides is 4. The lowest BCUT2D eigenvalue weighted by molar-refractivity contribution is -0.143. The van der Waals surface area contributed by atoms with E-state index < -0.39 is 59.8 Å². The minimum atomic E-state index is -1.17. The van der Waals surface area contributed by atoms with Crippen LogP contribution in [0.2, 0.25) is 0 Å². The van der Waals surface area contributed by atoms with Gasteiger partial charge in [-0.2, -0.15) is 0 Å². The Morgan fingerprint density at radius 2 is 1.13 bits per heavy atom. The molecular formula is C35H51N5O6. The molecule has 0 aliphatic carbocycles. The van der Waals surface area contributed by atoms with Crippen molar-refractivity contribution in [3.05, 3.63) is 71.8 Å². The lowest BCUT2D eigenvalue weighted by Crippen LogP contribution is -2.60. The third-order valence-corrected chi connectivity index (χ3v) is 7.91. The van der Waals surface area contributed by atoms with Gasteiger partial charge in [-0.25, -0.2) is 4.79 Å². The van der Waals surface area contributed by atoms with E-state index >= 15 is 0 Å². The minimum absolute atomic E-state index is 0.0411. The number of rotatable bonds is 18. The maximum absolute atomic E-state index is 13.7.